The molecule has 0 N–H and O–H groups in total. The number of β-lactam (4-membered cyclic amide) rings is 1. The smallest absolute Gasteiger partial charge is 0.456 e. The molecule has 2 aliphatic rings. The first kappa shape index (κ1) is 32.0. The van der Waals surface area contributed by atoms with Crippen LogP contribution in [0.15, 0.2) is 59.1 Å². The summed E-state index contributed by atoms with van der Waals surface area (Å²) in [5.41, 5.74) is 0.933. The number of fused-ring (bicyclic) bond motifs is 1. The Labute approximate surface area is 264 Å². The molecule has 2 aromatic carbocycles. The van der Waals surface area contributed by atoms with Crippen LogP contribution in [-0.2, 0) is 43.6 Å². The highest BCUT2D eigenvalue weighted by Crippen LogP contribution is 2.48. The van der Waals surface area contributed by atoms with Gasteiger partial charge in [0.2, 0.25) is 5.91 Å². The number of benzene rings is 2. The number of ether oxygens (including phenoxy) is 3. The van der Waals surface area contributed by atoms with Crippen LogP contribution in [0.25, 0.3) is 0 Å². The maximum absolute atomic E-state index is 13.4. The summed E-state index contributed by atoms with van der Waals surface area (Å²) in [6.07, 6.45) is -1.58. The Morgan fingerprint density at radius 1 is 1.00 bits per heavy atom. The van der Waals surface area contributed by atoms with Crippen molar-refractivity contribution in [1.29, 1.82) is 0 Å². The van der Waals surface area contributed by atoms with Gasteiger partial charge in [-0.3, -0.25) is 25.0 Å². The van der Waals surface area contributed by atoms with E-state index >= 15 is 0 Å². The summed E-state index contributed by atoms with van der Waals surface area (Å²) in [5, 5.41) is 33.2. The highest BCUT2D eigenvalue weighted by atomic mass is 32.2. The number of aromatic nitrogens is 4. The fourth-order valence-electron chi connectivity index (χ4n) is 5.09. The number of nitrogens with zero attached hydrogens (tertiary/aromatic N) is 7. The Balaban J connectivity index is 1.22. The van der Waals surface area contributed by atoms with E-state index in [0.717, 1.165) is 0 Å². The number of tetrazole rings is 1. The Kier molecular flexibility index (Phi) is 9.55. The minimum atomic E-state index is -1.02. The normalized spacial score (nSPS) is 17.6. The lowest BCUT2D eigenvalue weighted by Gasteiger charge is -2.45. The number of hydrogen-bond donors (Lipinski definition) is 0. The molecule has 1 amide bonds. The first-order valence-electron chi connectivity index (χ1n) is 13.9. The monoisotopic (exact) mass is 653 g/mol. The molecule has 0 bridgehead atoms. The van der Waals surface area contributed by atoms with Crippen molar-refractivity contribution in [1.82, 2.24) is 25.1 Å². The van der Waals surface area contributed by atoms with Gasteiger partial charge in [0.05, 0.1) is 28.4 Å². The summed E-state index contributed by atoms with van der Waals surface area (Å²) in [6.45, 7) is 3.41. The number of hydrogen-bond acceptors (Lipinski definition) is 14. The van der Waals surface area contributed by atoms with E-state index in [1.165, 1.54) is 65.2 Å². The van der Waals surface area contributed by atoms with Crippen molar-refractivity contribution in [3.63, 3.8) is 0 Å². The number of thioether (sulfide) groups is 1. The first-order chi connectivity index (χ1) is 22.0. The van der Waals surface area contributed by atoms with Gasteiger partial charge >= 0.3 is 12.1 Å². The summed E-state index contributed by atoms with van der Waals surface area (Å²) in [6, 6.07) is 10.6. The maximum atomic E-state index is 13.4. The average Bonchev–Trinajstić information content (AvgIpc) is 3.59. The second-order valence-electron chi connectivity index (χ2n) is 10.4. The van der Waals surface area contributed by atoms with Gasteiger partial charge in [0.25, 0.3) is 11.4 Å². The van der Waals surface area contributed by atoms with E-state index in [2.05, 4.69) is 15.5 Å². The van der Waals surface area contributed by atoms with Crippen molar-refractivity contribution >= 4 is 41.2 Å². The van der Waals surface area contributed by atoms with Crippen LogP contribution in [0.4, 0.5) is 16.2 Å². The molecule has 3 aromatic rings. The van der Waals surface area contributed by atoms with Crippen LogP contribution >= 0.6 is 11.8 Å². The van der Waals surface area contributed by atoms with Crippen molar-refractivity contribution in [2.45, 2.75) is 52.2 Å². The average molecular weight is 654 g/mol. The molecule has 240 valence electrons. The van der Waals surface area contributed by atoms with Crippen molar-refractivity contribution in [3.05, 3.63) is 96.3 Å². The zero-order valence-corrected chi connectivity index (χ0v) is 25.3. The summed E-state index contributed by atoms with van der Waals surface area (Å²) >= 11 is 1.36. The van der Waals surface area contributed by atoms with Crippen LogP contribution in [0.5, 0.6) is 0 Å². The van der Waals surface area contributed by atoms with Crippen molar-refractivity contribution in [3.8, 4) is 0 Å². The SMILES string of the molecule is Cc1nnnn1CCSC1=C(C(=O)OCc2ccc([N+](=O)[O-])cc2)N2C(=O)C(C(C)OC(=O)OCc3ccc([N+](=O)[O-])cc3)C2C1. The molecule has 1 aromatic heterocycles. The molecule has 46 heavy (non-hydrogen) atoms. The Morgan fingerprint density at radius 2 is 1.59 bits per heavy atom. The Bertz CT molecular complexity index is 1690. The zero-order chi connectivity index (χ0) is 33.0. The fourth-order valence-corrected chi connectivity index (χ4v) is 6.21. The van der Waals surface area contributed by atoms with Gasteiger partial charge in [0.1, 0.15) is 30.8 Å². The number of nitro benzene ring substituents is 2. The predicted molar refractivity (Wildman–Crippen MR) is 157 cm³/mol. The van der Waals surface area contributed by atoms with Crippen LogP contribution in [0.1, 0.15) is 30.3 Å². The standard InChI is InChI=1S/C28H27N7O10S/c1-16(45-28(38)44-15-19-5-9-21(10-6-19)35(41)42)24-22-13-23(46-12-11-32-17(2)29-30-31-32)25(33(22)26(24)36)27(37)43-14-18-3-7-20(8-4-18)34(39)40/h3-10,16,22,24H,11-15H2,1-2H3. The lowest BCUT2D eigenvalue weighted by Crippen LogP contribution is -2.62. The van der Waals surface area contributed by atoms with E-state index < -0.39 is 45.9 Å². The zero-order valence-electron chi connectivity index (χ0n) is 24.5. The number of carbonyl (C=O) groups is 3. The van der Waals surface area contributed by atoms with E-state index in [9.17, 15) is 34.6 Å². The lowest BCUT2D eigenvalue weighted by molar-refractivity contribution is -0.385. The molecule has 18 heteroatoms. The maximum Gasteiger partial charge on any atom is 0.508 e. The number of nitro groups is 2. The van der Waals surface area contributed by atoms with E-state index in [1.54, 1.807) is 18.5 Å². The second-order valence-corrected chi connectivity index (χ2v) is 11.5. The Morgan fingerprint density at radius 3 is 2.13 bits per heavy atom. The summed E-state index contributed by atoms with van der Waals surface area (Å²) in [5.74, 6) is -0.793. The molecule has 0 spiro atoms. The quantitative estimate of drug-likeness (QED) is 0.112. The molecule has 0 saturated carbocycles. The van der Waals surface area contributed by atoms with Gasteiger partial charge < -0.3 is 19.1 Å². The van der Waals surface area contributed by atoms with E-state index in [-0.39, 0.29) is 30.3 Å². The molecule has 3 heterocycles. The molecule has 5 rings (SSSR count). The summed E-state index contributed by atoms with van der Waals surface area (Å²) in [4.78, 5) is 61.8. The number of esters is 1. The number of non-ortho nitro benzene ring substituents is 2. The molecule has 1 fully saturated rings. The molecular weight excluding hydrogens is 626 g/mol. The minimum Gasteiger partial charge on any atom is -0.456 e. The largest absolute Gasteiger partial charge is 0.508 e. The van der Waals surface area contributed by atoms with Crippen molar-refractivity contribution in [2.75, 3.05) is 5.75 Å². The summed E-state index contributed by atoms with van der Waals surface area (Å²) in [7, 11) is 0. The molecule has 0 radical (unpaired) electrons. The van der Waals surface area contributed by atoms with Crippen LogP contribution in [0.2, 0.25) is 0 Å². The highest BCUT2D eigenvalue weighted by molar-refractivity contribution is 8.03. The van der Waals surface area contributed by atoms with Gasteiger partial charge in [-0.1, -0.05) is 0 Å². The Hall–Kier alpha value is -5.39. The molecule has 1 saturated heterocycles. The number of rotatable bonds is 13. The van der Waals surface area contributed by atoms with Crippen LogP contribution in [0, 0.1) is 33.1 Å². The second kappa shape index (κ2) is 13.7. The van der Waals surface area contributed by atoms with E-state index in [4.69, 9.17) is 14.2 Å². The first-order valence-corrected chi connectivity index (χ1v) is 14.9. The third-order valence-corrected chi connectivity index (χ3v) is 8.56. The van der Waals surface area contributed by atoms with Gasteiger partial charge in [0.15, 0.2) is 0 Å². The highest BCUT2D eigenvalue weighted by Gasteiger charge is 2.58. The van der Waals surface area contributed by atoms with Gasteiger partial charge in [-0.2, -0.15) is 0 Å². The van der Waals surface area contributed by atoms with Crippen molar-refractivity contribution < 1.29 is 38.4 Å². The van der Waals surface area contributed by atoms with E-state index in [1.807, 2.05) is 0 Å². The van der Waals surface area contributed by atoms with Gasteiger partial charge in [0, 0.05) is 41.3 Å². The van der Waals surface area contributed by atoms with Crippen LogP contribution in [0.3, 0.4) is 0 Å². The fraction of sp³-hybridized carbons (Fsp3) is 0.357. The van der Waals surface area contributed by atoms with E-state index in [0.29, 0.717) is 40.6 Å². The molecule has 3 atom stereocenters. The van der Waals surface area contributed by atoms with Crippen LogP contribution in [-0.4, -0.2) is 70.9 Å². The molecular formula is C28H27N7O10S. The number of amides is 1. The number of carbonyl (C=O) groups excluding carboxylic acids is 3. The topological polar surface area (TPSA) is 212 Å². The molecule has 2 aliphatic heterocycles. The predicted octanol–water partition coefficient (Wildman–Crippen LogP) is 3.46. The summed E-state index contributed by atoms with van der Waals surface area (Å²) < 4.78 is 17.7. The molecule has 0 aliphatic carbocycles. The van der Waals surface area contributed by atoms with Gasteiger partial charge in [-0.15, -0.1) is 16.9 Å². The lowest BCUT2D eigenvalue weighted by atomic mass is 9.83. The minimum absolute atomic E-state index is 0.0968. The van der Waals surface area contributed by atoms with Crippen molar-refractivity contribution in [2.24, 2.45) is 5.92 Å². The van der Waals surface area contributed by atoms with Crippen LogP contribution < -0.4 is 0 Å². The van der Waals surface area contributed by atoms with Gasteiger partial charge in [-0.05, 0) is 59.7 Å². The number of aryl methyl sites for hydroxylation is 2. The molecule has 3 unspecified atom stereocenters. The third kappa shape index (κ3) is 6.96. The van der Waals surface area contributed by atoms with Gasteiger partial charge in [-0.25, -0.2) is 14.3 Å². The molecule has 17 nitrogen and oxygen atoms in total. The third-order valence-electron chi connectivity index (χ3n) is 7.46.